The zero-order valence-corrected chi connectivity index (χ0v) is 8.37. The molecule has 0 saturated carbocycles. The highest BCUT2D eigenvalue weighted by atomic mass is 16.4. The number of carboxylic acid groups (broad SMARTS) is 1. The van der Waals surface area contributed by atoms with Gasteiger partial charge in [0.15, 0.2) is 0 Å². The first-order valence-electron chi connectivity index (χ1n) is 8.46. The van der Waals surface area contributed by atoms with E-state index in [1.54, 1.807) is 0 Å². The number of hydrogen-bond donors (Lipinski definition) is 1. The van der Waals surface area contributed by atoms with Gasteiger partial charge in [0.2, 0.25) is 0 Å². The fourth-order valence-corrected chi connectivity index (χ4v) is 1.20. The minimum absolute atomic E-state index is 0.173. The van der Waals surface area contributed by atoms with Crippen LogP contribution in [0.1, 0.15) is 48.6 Å². The number of carbonyl (C=O) groups is 1. The normalized spacial score (nSPS) is 25.1. The second-order valence-electron chi connectivity index (χ2n) is 3.28. The van der Waals surface area contributed by atoms with Crippen molar-refractivity contribution in [2.24, 2.45) is 5.89 Å². The van der Waals surface area contributed by atoms with Crippen molar-refractivity contribution in [3.05, 3.63) is 35.4 Å². The smallest absolute Gasteiger partial charge is 0.310 e. The lowest BCUT2D eigenvalue weighted by Gasteiger charge is -2.09. The maximum Gasteiger partial charge on any atom is 0.310 e. The van der Waals surface area contributed by atoms with Crippen LogP contribution in [0.25, 0.3) is 0 Å². The zero-order valence-electron chi connectivity index (χ0n) is 16.4. The van der Waals surface area contributed by atoms with Crippen LogP contribution in [0.15, 0.2) is 24.3 Å². The molecular weight excluding hydrogens is 188 g/mol. The molecular formula is C13H18O2. The summed E-state index contributed by atoms with van der Waals surface area (Å²) in [5, 5.41) is 9.00. The highest BCUT2D eigenvalue weighted by Crippen LogP contribution is 2.17. The molecule has 0 amide bonds. The predicted molar refractivity (Wildman–Crippen MR) is 61.0 cm³/mol. The molecule has 0 aromatic heterocycles. The largest absolute Gasteiger partial charge is 0.481 e. The third-order valence-corrected chi connectivity index (χ3v) is 2.09. The molecule has 1 atom stereocenters. The summed E-state index contributed by atoms with van der Waals surface area (Å²) < 4.78 is 59.9. The van der Waals surface area contributed by atoms with Crippen molar-refractivity contribution >= 4 is 5.97 Å². The Morgan fingerprint density at radius 1 is 1.47 bits per heavy atom. The van der Waals surface area contributed by atoms with E-state index in [1.165, 1.54) is 31.2 Å². The number of aliphatic carboxylic acids is 1. The lowest BCUT2D eigenvalue weighted by molar-refractivity contribution is -0.138. The van der Waals surface area contributed by atoms with E-state index in [4.69, 9.17) is 16.1 Å². The molecule has 0 aliphatic heterocycles. The first-order chi connectivity index (χ1) is 10.1. The fourth-order valence-electron chi connectivity index (χ4n) is 1.20. The predicted octanol–water partition coefficient (Wildman–Crippen LogP) is 3.07. The Balaban J connectivity index is 3.17. The molecule has 2 nitrogen and oxygen atoms in total. The van der Waals surface area contributed by atoms with Crippen LogP contribution in [-0.2, 0) is 11.2 Å². The highest BCUT2D eigenvalue weighted by Gasteiger charge is 2.12. The molecule has 0 aliphatic rings. The van der Waals surface area contributed by atoms with Crippen molar-refractivity contribution in [2.75, 3.05) is 0 Å². The van der Waals surface area contributed by atoms with E-state index >= 15 is 0 Å². The van der Waals surface area contributed by atoms with E-state index < -0.39 is 37.9 Å². The lowest BCUT2D eigenvalue weighted by atomic mass is 9.97. The molecule has 2 heteroatoms. The van der Waals surface area contributed by atoms with Crippen LogP contribution in [0.5, 0.6) is 0 Å². The van der Waals surface area contributed by atoms with E-state index in [-0.39, 0.29) is 11.1 Å². The van der Waals surface area contributed by atoms with Gasteiger partial charge in [-0.1, -0.05) is 38.0 Å². The maximum atomic E-state index is 11.0. The van der Waals surface area contributed by atoms with Gasteiger partial charge in [0, 0.05) is 11.0 Å². The summed E-state index contributed by atoms with van der Waals surface area (Å²) in [6, 6.07) is 5.36. The third-order valence-electron chi connectivity index (χ3n) is 2.09. The monoisotopic (exact) mass is 214 g/mol. The Labute approximate surface area is 102 Å². The molecule has 0 heterocycles. The SMILES string of the molecule is [2H]C(C)(C(=O)O)c1ccc(CC([2H])(C([2H])([2H])[2H])C([2H])([2H])[2H])cc1. The molecule has 15 heavy (non-hydrogen) atoms. The highest BCUT2D eigenvalue weighted by molar-refractivity contribution is 5.75. The molecule has 0 fully saturated rings. The maximum absolute atomic E-state index is 11.0. The minimum atomic E-state index is -3.01. The molecule has 0 spiro atoms. The quantitative estimate of drug-likeness (QED) is 0.836. The van der Waals surface area contributed by atoms with E-state index in [1.807, 2.05) is 0 Å². The summed E-state index contributed by atoms with van der Waals surface area (Å²) in [6.45, 7) is -4.83. The number of benzene rings is 1. The van der Waals surface area contributed by atoms with Crippen molar-refractivity contribution in [3.63, 3.8) is 0 Å². The van der Waals surface area contributed by atoms with E-state index in [9.17, 15) is 4.79 Å². The van der Waals surface area contributed by atoms with E-state index in [0.29, 0.717) is 0 Å². The Hall–Kier alpha value is -1.31. The number of carboxylic acids is 1. The van der Waals surface area contributed by atoms with Crippen LogP contribution in [0, 0.1) is 5.89 Å². The van der Waals surface area contributed by atoms with Crippen molar-refractivity contribution in [2.45, 2.75) is 32.9 Å². The molecule has 0 radical (unpaired) electrons. The summed E-state index contributed by atoms with van der Waals surface area (Å²) in [4.78, 5) is 11.0. The van der Waals surface area contributed by atoms with E-state index in [2.05, 4.69) is 0 Å². The molecule has 1 aromatic rings. The first kappa shape index (κ1) is 4.69. The molecule has 0 saturated heterocycles. The van der Waals surface area contributed by atoms with Crippen molar-refractivity contribution in [3.8, 4) is 0 Å². The fraction of sp³-hybridized carbons (Fsp3) is 0.462. The summed E-state index contributed by atoms with van der Waals surface area (Å²) >= 11 is 0. The molecule has 1 N–H and O–H groups in total. The zero-order chi connectivity index (χ0) is 18.3. The average molecular weight is 214 g/mol. The van der Waals surface area contributed by atoms with Crippen molar-refractivity contribution in [1.29, 1.82) is 0 Å². The molecule has 1 unspecified atom stereocenters. The van der Waals surface area contributed by atoms with Crippen LogP contribution in [-0.4, -0.2) is 11.1 Å². The summed E-state index contributed by atoms with van der Waals surface area (Å²) in [6.07, 6.45) is -0.540. The van der Waals surface area contributed by atoms with Gasteiger partial charge >= 0.3 is 5.97 Å². The van der Waals surface area contributed by atoms with Gasteiger partial charge in [-0.25, -0.2) is 0 Å². The molecule has 0 bridgehead atoms. The van der Waals surface area contributed by atoms with Gasteiger partial charge in [-0.2, -0.15) is 0 Å². The molecule has 0 aliphatic carbocycles. The summed E-state index contributed by atoms with van der Waals surface area (Å²) in [5.74, 6) is -5.88. The van der Waals surface area contributed by atoms with Crippen LogP contribution in [0.4, 0.5) is 0 Å². The van der Waals surface area contributed by atoms with Gasteiger partial charge in [-0.05, 0) is 30.4 Å². The van der Waals surface area contributed by atoms with Crippen LogP contribution < -0.4 is 0 Å². The Bertz CT molecular complexity index is 557. The van der Waals surface area contributed by atoms with Gasteiger partial charge in [0.1, 0.15) is 0 Å². The third kappa shape index (κ3) is 3.39. The Morgan fingerprint density at radius 2 is 2.07 bits per heavy atom. The second-order valence-corrected chi connectivity index (χ2v) is 3.28. The summed E-state index contributed by atoms with van der Waals surface area (Å²) in [5.41, 5.74) is 0.448. The molecule has 1 rings (SSSR count). The van der Waals surface area contributed by atoms with E-state index in [0.717, 1.165) is 0 Å². The second kappa shape index (κ2) is 4.96. The topological polar surface area (TPSA) is 37.3 Å². The minimum Gasteiger partial charge on any atom is -0.481 e. The van der Waals surface area contributed by atoms with Crippen LogP contribution >= 0.6 is 0 Å². The van der Waals surface area contributed by atoms with Crippen LogP contribution in [0.3, 0.4) is 0 Å². The molecule has 1 aromatic carbocycles. The van der Waals surface area contributed by atoms with Gasteiger partial charge in [-0.15, -0.1) is 0 Å². The number of rotatable bonds is 4. The number of hydrogen-bond acceptors (Lipinski definition) is 1. The molecule has 82 valence electrons. The Kier molecular flexibility index (Phi) is 1.55. The first-order valence-corrected chi connectivity index (χ1v) is 4.46. The standard InChI is InChI=1S/C13H18O2/c1-9(2)8-11-4-6-12(7-5-11)10(3)13(14)15/h4-7,9-10H,8H2,1-3H3,(H,14,15)/i1D3,2D3,9D,10D. The lowest BCUT2D eigenvalue weighted by Crippen LogP contribution is -2.07. The summed E-state index contributed by atoms with van der Waals surface area (Å²) in [7, 11) is 0. The van der Waals surface area contributed by atoms with Crippen molar-refractivity contribution in [1.82, 2.24) is 0 Å². The van der Waals surface area contributed by atoms with Crippen LogP contribution in [0.2, 0.25) is 0 Å². The Morgan fingerprint density at radius 3 is 2.53 bits per heavy atom. The average Bonchev–Trinajstić information content (AvgIpc) is 2.36. The van der Waals surface area contributed by atoms with Gasteiger partial charge in [0.25, 0.3) is 0 Å². The van der Waals surface area contributed by atoms with Gasteiger partial charge < -0.3 is 5.11 Å². The van der Waals surface area contributed by atoms with Gasteiger partial charge in [0.05, 0.1) is 5.89 Å². The van der Waals surface area contributed by atoms with Crippen molar-refractivity contribution < 1.29 is 20.9 Å². The van der Waals surface area contributed by atoms with Gasteiger partial charge in [-0.3, -0.25) is 4.79 Å².